The van der Waals surface area contributed by atoms with Gasteiger partial charge in [0.25, 0.3) is 0 Å². The molecule has 1 fully saturated rings. The molecule has 0 atom stereocenters. The number of nitrogens with one attached hydrogen (secondary N) is 1. The molecule has 2 amide bonds. The molecule has 0 radical (unpaired) electrons. The van der Waals surface area contributed by atoms with Gasteiger partial charge in [-0.15, -0.1) is 0 Å². The minimum atomic E-state index is 0.00594. The summed E-state index contributed by atoms with van der Waals surface area (Å²) in [4.78, 5) is 24.9. The summed E-state index contributed by atoms with van der Waals surface area (Å²) in [5, 5.41) is 2.75. The van der Waals surface area contributed by atoms with E-state index >= 15 is 0 Å². The zero-order valence-corrected chi connectivity index (χ0v) is 12.7. The van der Waals surface area contributed by atoms with Gasteiger partial charge in [-0.05, 0) is 24.3 Å². The van der Waals surface area contributed by atoms with Crippen LogP contribution < -0.4 is 10.1 Å². The number of hydrogen-bond donors (Lipinski definition) is 1. The molecule has 0 unspecified atom stereocenters. The Bertz CT molecular complexity index is 476. The third kappa shape index (κ3) is 4.52. The van der Waals surface area contributed by atoms with Gasteiger partial charge in [-0.1, -0.05) is 15.9 Å². The van der Waals surface area contributed by atoms with Crippen LogP contribution in [0.1, 0.15) is 12.8 Å². The molecule has 1 aromatic carbocycles. The lowest BCUT2D eigenvalue weighted by Gasteiger charge is -2.19. The van der Waals surface area contributed by atoms with E-state index < -0.39 is 0 Å². The van der Waals surface area contributed by atoms with Crippen molar-refractivity contribution in [3.63, 3.8) is 0 Å². The molecule has 0 spiro atoms. The number of carbonyl (C=O) groups excluding carboxylic acids is 2. The second-order valence-corrected chi connectivity index (χ2v) is 5.45. The number of carbonyl (C=O) groups is 2. The molecule has 6 heteroatoms. The number of amides is 2. The van der Waals surface area contributed by atoms with Gasteiger partial charge in [0.15, 0.2) is 0 Å². The fraction of sp³-hybridized carbons (Fsp3) is 0.429. The fourth-order valence-corrected chi connectivity index (χ4v) is 2.23. The van der Waals surface area contributed by atoms with Crippen molar-refractivity contribution < 1.29 is 14.3 Å². The number of benzene rings is 1. The van der Waals surface area contributed by atoms with E-state index in [0.29, 0.717) is 39.1 Å². The summed E-state index contributed by atoms with van der Waals surface area (Å²) in [5.74, 6) is 0.777. The van der Waals surface area contributed by atoms with Gasteiger partial charge in [-0.2, -0.15) is 0 Å². The molecule has 108 valence electrons. The summed E-state index contributed by atoms with van der Waals surface area (Å²) in [6, 6.07) is 7.48. The van der Waals surface area contributed by atoms with Crippen molar-refractivity contribution in [2.24, 2.45) is 0 Å². The van der Waals surface area contributed by atoms with Crippen molar-refractivity contribution in [3.05, 3.63) is 28.7 Å². The molecule has 5 nitrogen and oxygen atoms in total. The van der Waals surface area contributed by atoms with Crippen LogP contribution in [-0.2, 0) is 9.59 Å². The van der Waals surface area contributed by atoms with Crippen molar-refractivity contribution in [1.82, 2.24) is 10.2 Å². The first kappa shape index (κ1) is 14.8. The van der Waals surface area contributed by atoms with Crippen LogP contribution in [0.4, 0.5) is 0 Å². The Balaban J connectivity index is 1.74. The SMILES string of the molecule is O=C1CCN(C(=O)CCOc2ccc(Br)cc2)CCN1. The minimum Gasteiger partial charge on any atom is -0.493 e. The lowest BCUT2D eigenvalue weighted by molar-refractivity contribution is -0.131. The zero-order valence-electron chi connectivity index (χ0n) is 11.1. The summed E-state index contributed by atoms with van der Waals surface area (Å²) in [6.07, 6.45) is 0.698. The number of nitrogens with zero attached hydrogens (tertiary/aromatic N) is 1. The maximum absolute atomic E-state index is 12.0. The van der Waals surface area contributed by atoms with Crippen LogP contribution in [0.25, 0.3) is 0 Å². The third-order valence-corrected chi connectivity index (χ3v) is 3.59. The fourth-order valence-electron chi connectivity index (χ4n) is 1.96. The largest absolute Gasteiger partial charge is 0.493 e. The van der Waals surface area contributed by atoms with Crippen molar-refractivity contribution in [3.8, 4) is 5.75 Å². The van der Waals surface area contributed by atoms with E-state index in [0.717, 1.165) is 10.2 Å². The maximum atomic E-state index is 12.0. The predicted molar refractivity (Wildman–Crippen MR) is 78.5 cm³/mol. The molecule has 0 aromatic heterocycles. The molecular formula is C14H17BrN2O3. The lowest BCUT2D eigenvalue weighted by atomic mass is 10.3. The zero-order chi connectivity index (χ0) is 14.4. The molecule has 1 N–H and O–H groups in total. The molecule has 1 aliphatic rings. The second kappa shape index (κ2) is 7.28. The van der Waals surface area contributed by atoms with Crippen molar-refractivity contribution in [2.45, 2.75) is 12.8 Å². The van der Waals surface area contributed by atoms with Gasteiger partial charge in [0.2, 0.25) is 11.8 Å². The predicted octanol–water partition coefficient (Wildman–Crippen LogP) is 1.57. The Labute approximate surface area is 126 Å². The summed E-state index contributed by atoms with van der Waals surface area (Å²) in [6.45, 7) is 1.93. The van der Waals surface area contributed by atoms with E-state index in [2.05, 4.69) is 21.2 Å². The van der Waals surface area contributed by atoms with E-state index in [1.54, 1.807) is 4.90 Å². The second-order valence-electron chi connectivity index (χ2n) is 4.53. The van der Waals surface area contributed by atoms with Gasteiger partial charge in [0.1, 0.15) is 5.75 Å². The molecular weight excluding hydrogens is 324 g/mol. The van der Waals surface area contributed by atoms with Crippen molar-refractivity contribution in [1.29, 1.82) is 0 Å². The Morgan fingerprint density at radius 1 is 1.30 bits per heavy atom. The Morgan fingerprint density at radius 2 is 2.05 bits per heavy atom. The minimum absolute atomic E-state index is 0.00594. The van der Waals surface area contributed by atoms with Crippen LogP contribution >= 0.6 is 15.9 Å². The molecule has 0 bridgehead atoms. The van der Waals surface area contributed by atoms with Gasteiger partial charge >= 0.3 is 0 Å². The summed E-state index contributed by atoms with van der Waals surface area (Å²) in [7, 11) is 0. The van der Waals surface area contributed by atoms with Crippen LogP contribution in [0.3, 0.4) is 0 Å². The van der Waals surface area contributed by atoms with Crippen LogP contribution in [0, 0.1) is 0 Å². The third-order valence-electron chi connectivity index (χ3n) is 3.06. The van der Waals surface area contributed by atoms with Crippen LogP contribution in [-0.4, -0.2) is 43.0 Å². The van der Waals surface area contributed by atoms with Gasteiger partial charge < -0.3 is 15.0 Å². The highest BCUT2D eigenvalue weighted by Gasteiger charge is 2.17. The molecule has 1 aliphatic heterocycles. The number of halogens is 1. The Morgan fingerprint density at radius 3 is 2.80 bits per heavy atom. The molecule has 1 saturated heterocycles. The Kier molecular flexibility index (Phi) is 5.40. The number of ether oxygens (including phenoxy) is 1. The van der Waals surface area contributed by atoms with Crippen molar-refractivity contribution in [2.75, 3.05) is 26.2 Å². The van der Waals surface area contributed by atoms with Crippen LogP contribution in [0.2, 0.25) is 0 Å². The maximum Gasteiger partial charge on any atom is 0.226 e. The summed E-state index contributed by atoms with van der Waals surface area (Å²) >= 11 is 3.35. The number of hydrogen-bond acceptors (Lipinski definition) is 3. The topological polar surface area (TPSA) is 58.6 Å². The highest BCUT2D eigenvalue weighted by molar-refractivity contribution is 9.10. The number of rotatable bonds is 4. The summed E-state index contributed by atoms with van der Waals surface area (Å²) < 4.78 is 6.51. The highest BCUT2D eigenvalue weighted by Crippen LogP contribution is 2.16. The average Bonchev–Trinajstić information content (AvgIpc) is 2.66. The van der Waals surface area contributed by atoms with Gasteiger partial charge in [-0.3, -0.25) is 9.59 Å². The van der Waals surface area contributed by atoms with E-state index in [1.165, 1.54) is 0 Å². The summed E-state index contributed by atoms with van der Waals surface area (Å²) in [5.41, 5.74) is 0. The molecule has 1 aromatic rings. The van der Waals surface area contributed by atoms with E-state index in [4.69, 9.17) is 4.74 Å². The molecule has 0 saturated carbocycles. The van der Waals surface area contributed by atoms with Gasteiger partial charge in [0, 0.05) is 30.5 Å². The quantitative estimate of drug-likeness (QED) is 0.904. The van der Waals surface area contributed by atoms with Gasteiger partial charge in [0.05, 0.1) is 13.0 Å². The molecule has 20 heavy (non-hydrogen) atoms. The normalized spacial score (nSPS) is 15.4. The average molecular weight is 341 g/mol. The first-order valence-corrected chi connectivity index (χ1v) is 7.37. The van der Waals surface area contributed by atoms with E-state index in [9.17, 15) is 9.59 Å². The molecule has 0 aliphatic carbocycles. The monoisotopic (exact) mass is 340 g/mol. The lowest BCUT2D eigenvalue weighted by Crippen LogP contribution is -2.34. The van der Waals surface area contributed by atoms with Gasteiger partial charge in [-0.25, -0.2) is 0 Å². The first-order valence-electron chi connectivity index (χ1n) is 6.58. The standard InChI is InChI=1S/C14H17BrN2O3/c15-11-1-3-12(4-2-11)20-10-6-14(19)17-8-5-13(18)16-7-9-17/h1-4H,5-10H2,(H,16,18). The first-order chi connectivity index (χ1) is 9.65. The molecule has 1 heterocycles. The van der Waals surface area contributed by atoms with Crippen molar-refractivity contribution >= 4 is 27.7 Å². The highest BCUT2D eigenvalue weighted by atomic mass is 79.9. The van der Waals surface area contributed by atoms with E-state index in [1.807, 2.05) is 24.3 Å². The molecule has 2 rings (SSSR count). The Hall–Kier alpha value is -1.56. The van der Waals surface area contributed by atoms with Crippen LogP contribution in [0.5, 0.6) is 5.75 Å². The van der Waals surface area contributed by atoms with E-state index in [-0.39, 0.29) is 11.8 Å². The smallest absolute Gasteiger partial charge is 0.226 e. The van der Waals surface area contributed by atoms with Crippen LogP contribution in [0.15, 0.2) is 28.7 Å².